The number of allylic oxidation sites excluding steroid dienone is 3. The largest absolute Gasteiger partial charge is 0.460 e. The van der Waals surface area contributed by atoms with Crippen LogP contribution in [0, 0.1) is 5.92 Å². The van der Waals surface area contributed by atoms with Gasteiger partial charge in [0.15, 0.2) is 0 Å². The van der Waals surface area contributed by atoms with Gasteiger partial charge in [-0.2, -0.15) is 0 Å². The van der Waals surface area contributed by atoms with Gasteiger partial charge in [0.25, 0.3) is 0 Å². The first-order chi connectivity index (χ1) is 9.60. The summed E-state index contributed by atoms with van der Waals surface area (Å²) >= 11 is 6.18. The van der Waals surface area contributed by atoms with Crippen molar-refractivity contribution in [2.75, 3.05) is 0 Å². The van der Waals surface area contributed by atoms with E-state index in [2.05, 4.69) is 26.8 Å². The number of esters is 1. The molecule has 0 heterocycles. The molecule has 122 valence electrons. The molecule has 0 aromatic rings. The molecule has 0 saturated carbocycles. The highest BCUT2D eigenvalue weighted by Crippen LogP contribution is 2.23. The van der Waals surface area contributed by atoms with Crippen LogP contribution in [0.2, 0.25) is 0 Å². The molecule has 1 atom stereocenters. The first kappa shape index (κ1) is 20.2. The first-order valence-corrected chi connectivity index (χ1v) is 8.22. The van der Waals surface area contributed by atoms with Gasteiger partial charge in [-0.1, -0.05) is 31.9 Å². The van der Waals surface area contributed by atoms with E-state index in [1.165, 1.54) is 12.5 Å². The van der Waals surface area contributed by atoms with Crippen LogP contribution in [0.3, 0.4) is 0 Å². The van der Waals surface area contributed by atoms with Crippen molar-refractivity contribution in [3.8, 4) is 0 Å². The molecule has 21 heavy (non-hydrogen) atoms. The molecule has 0 radical (unpaired) electrons. The van der Waals surface area contributed by atoms with E-state index >= 15 is 0 Å². The molecule has 3 heteroatoms. The minimum Gasteiger partial charge on any atom is -0.460 e. The standard InChI is InChI=1S/C18H31ClO2/c1-14(2)21-17(20)13-16(4)10-7-9-15(3)11-8-12-18(5,6)19/h7,10,13-15H,8-9,11-12H2,1-6H3/b10-7+,16-13?. The van der Waals surface area contributed by atoms with Gasteiger partial charge >= 0.3 is 5.97 Å². The fourth-order valence-electron chi connectivity index (χ4n) is 1.98. The highest BCUT2D eigenvalue weighted by molar-refractivity contribution is 6.23. The SMILES string of the molecule is CC(=CC(=O)OC(C)C)/C=C/CC(C)CCCC(C)(C)Cl. The van der Waals surface area contributed by atoms with E-state index < -0.39 is 0 Å². The number of hydrogen-bond donors (Lipinski definition) is 0. The lowest BCUT2D eigenvalue weighted by molar-refractivity contribution is -0.141. The number of rotatable bonds is 9. The monoisotopic (exact) mass is 314 g/mol. The summed E-state index contributed by atoms with van der Waals surface area (Å²) in [4.78, 5) is 11.4. The van der Waals surface area contributed by atoms with Gasteiger partial charge in [-0.05, 0) is 59.0 Å². The van der Waals surface area contributed by atoms with Crippen LogP contribution in [0.4, 0.5) is 0 Å². The second kappa shape index (κ2) is 10.0. The maximum absolute atomic E-state index is 11.5. The fourth-order valence-corrected chi connectivity index (χ4v) is 2.11. The zero-order valence-electron chi connectivity index (χ0n) is 14.4. The molecule has 0 rings (SSSR count). The van der Waals surface area contributed by atoms with Crippen molar-refractivity contribution in [3.63, 3.8) is 0 Å². The molecular formula is C18H31ClO2. The summed E-state index contributed by atoms with van der Waals surface area (Å²) in [5.41, 5.74) is 0.926. The molecule has 0 N–H and O–H groups in total. The Balaban J connectivity index is 4.03. The van der Waals surface area contributed by atoms with E-state index in [0.717, 1.165) is 24.8 Å². The maximum atomic E-state index is 11.5. The minimum atomic E-state index is -0.274. The third-order valence-electron chi connectivity index (χ3n) is 3.08. The zero-order chi connectivity index (χ0) is 16.5. The third-order valence-corrected chi connectivity index (χ3v) is 3.27. The van der Waals surface area contributed by atoms with Gasteiger partial charge in [0.05, 0.1) is 6.10 Å². The van der Waals surface area contributed by atoms with Gasteiger partial charge in [-0.15, -0.1) is 11.6 Å². The lowest BCUT2D eigenvalue weighted by Gasteiger charge is -2.16. The summed E-state index contributed by atoms with van der Waals surface area (Å²) in [6, 6.07) is 0. The molecule has 0 aromatic heterocycles. The van der Waals surface area contributed by atoms with Crippen LogP contribution in [-0.4, -0.2) is 16.9 Å². The zero-order valence-corrected chi connectivity index (χ0v) is 15.2. The van der Waals surface area contributed by atoms with Gasteiger partial charge in [-0.25, -0.2) is 4.79 Å². The number of alkyl halides is 1. The average Bonchev–Trinajstić information content (AvgIpc) is 2.25. The van der Waals surface area contributed by atoms with Gasteiger partial charge < -0.3 is 4.74 Å². The molecule has 0 bridgehead atoms. The highest BCUT2D eigenvalue weighted by Gasteiger charge is 2.12. The third kappa shape index (κ3) is 14.0. The Morgan fingerprint density at radius 3 is 2.43 bits per heavy atom. The van der Waals surface area contributed by atoms with Crippen molar-refractivity contribution in [1.82, 2.24) is 0 Å². The predicted molar refractivity (Wildman–Crippen MR) is 91.7 cm³/mol. The molecule has 2 nitrogen and oxygen atoms in total. The molecule has 0 amide bonds. The highest BCUT2D eigenvalue weighted by atomic mass is 35.5. The molecular weight excluding hydrogens is 284 g/mol. The average molecular weight is 315 g/mol. The summed E-state index contributed by atoms with van der Waals surface area (Å²) in [5.74, 6) is 0.361. The summed E-state index contributed by atoms with van der Waals surface area (Å²) in [5, 5.41) is 0. The van der Waals surface area contributed by atoms with E-state index in [-0.39, 0.29) is 16.9 Å². The molecule has 0 aromatic carbocycles. The number of hydrogen-bond acceptors (Lipinski definition) is 2. The molecule has 1 unspecified atom stereocenters. The van der Waals surface area contributed by atoms with E-state index in [1.807, 2.05) is 26.8 Å². The smallest absolute Gasteiger partial charge is 0.331 e. The van der Waals surface area contributed by atoms with Crippen LogP contribution in [0.25, 0.3) is 0 Å². The number of halogens is 1. The number of carbonyl (C=O) groups is 1. The molecule has 0 saturated heterocycles. The van der Waals surface area contributed by atoms with Crippen molar-refractivity contribution in [1.29, 1.82) is 0 Å². The Bertz CT molecular complexity index is 362. The van der Waals surface area contributed by atoms with Gasteiger partial charge in [0.2, 0.25) is 0 Å². The van der Waals surface area contributed by atoms with Crippen LogP contribution in [0.5, 0.6) is 0 Å². The van der Waals surface area contributed by atoms with Crippen molar-refractivity contribution >= 4 is 17.6 Å². The molecule has 0 aliphatic heterocycles. The first-order valence-electron chi connectivity index (χ1n) is 7.84. The summed E-state index contributed by atoms with van der Waals surface area (Å²) < 4.78 is 5.07. The molecule has 0 fully saturated rings. The Hall–Kier alpha value is -0.760. The lowest BCUT2D eigenvalue weighted by atomic mass is 9.96. The van der Waals surface area contributed by atoms with Crippen LogP contribution in [0.1, 0.15) is 67.2 Å². The molecule has 0 spiro atoms. The van der Waals surface area contributed by atoms with E-state index in [4.69, 9.17) is 16.3 Å². The second-order valence-electron chi connectivity index (χ2n) is 6.73. The van der Waals surface area contributed by atoms with Crippen molar-refractivity contribution in [3.05, 3.63) is 23.8 Å². The molecule has 0 aliphatic carbocycles. The van der Waals surface area contributed by atoms with E-state index in [0.29, 0.717) is 5.92 Å². The molecule has 0 aliphatic rings. The van der Waals surface area contributed by atoms with Crippen molar-refractivity contribution in [2.24, 2.45) is 5.92 Å². The topological polar surface area (TPSA) is 26.3 Å². The van der Waals surface area contributed by atoms with Crippen LogP contribution in [-0.2, 0) is 9.53 Å². The summed E-state index contributed by atoms with van der Waals surface area (Å²) in [6.07, 6.45) is 9.98. The van der Waals surface area contributed by atoms with E-state index in [1.54, 1.807) is 0 Å². The Morgan fingerprint density at radius 2 is 1.90 bits per heavy atom. The van der Waals surface area contributed by atoms with Crippen LogP contribution < -0.4 is 0 Å². The van der Waals surface area contributed by atoms with Gasteiger partial charge in [0, 0.05) is 11.0 Å². The summed E-state index contributed by atoms with van der Waals surface area (Å²) in [6.45, 7) is 12.0. The van der Waals surface area contributed by atoms with Crippen molar-refractivity contribution in [2.45, 2.75) is 78.2 Å². The quantitative estimate of drug-likeness (QED) is 0.238. The Kier molecular flexibility index (Phi) is 9.68. The van der Waals surface area contributed by atoms with E-state index in [9.17, 15) is 4.79 Å². The van der Waals surface area contributed by atoms with Crippen molar-refractivity contribution < 1.29 is 9.53 Å². The minimum absolute atomic E-state index is 0.0725. The maximum Gasteiger partial charge on any atom is 0.331 e. The number of carbonyl (C=O) groups excluding carboxylic acids is 1. The predicted octanol–water partition coefficient (Wildman–Crippen LogP) is 5.65. The van der Waals surface area contributed by atoms with Crippen LogP contribution >= 0.6 is 11.6 Å². The number of ether oxygens (including phenoxy) is 1. The lowest BCUT2D eigenvalue weighted by Crippen LogP contribution is -2.10. The Morgan fingerprint density at radius 1 is 1.29 bits per heavy atom. The fraction of sp³-hybridized carbons (Fsp3) is 0.722. The van der Waals surface area contributed by atoms with Gasteiger partial charge in [0.1, 0.15) is 0 Å². The Labute approximate surface area is 135 Å². The summed E-state index contributed by atoms with van der Waals surface area (Å²) in [7, 11) is 0. The second-order valence-corrected chi connectivity index (χ2v) is 7.75. The van der Waals surface area contributed by atoms with Gasteiger partial charge in [-0.3, -0.25) is 0 Å². The van der Waals surface area contributed by atoms with Crippen LogP contribution in [0.15, 0.2) is 23.8 Å². The normalized spacial score (nSPS) is 14.8.